The fourth-order valence-electron chi connectivity index (χ4n) is 3.22. The molecule has 0 spiro atoms. The molecule has 0 radical (unpaired) electrons. The van der Waals surface area contributed by atoms with Crippen molar-refractivity contribution in [3.63, 3.8) is 0 Å². The summed E-state index contributed by atoms with van der Waals surface area (Å²) in [6.07, 6.45) is 8.12. The second-order valence-corrected chi connectivity index (χ2v) is 5.84. The molecule has 1 fully saturated rings. The van der Waals surface area contributed by atoms with Crippen LogP contribution in [0.4, 0.5) is 11.5 Å². The number of pyridine rings is 1. The second-order valence-electron chi connectivity index (χ2n) is 5.84. The summed E-state index contributed by atoms with van der Waals surface area (Å²) in [5, 5.41) is 3.10. The maximum Gasteiger partial charge on any atom is 0.140 e. The predicted molar refractivity (Wildman–Crippen MR) is 77.8 cm³/mol. The van der Waals surface area contributed by atoms with E-state index in [1.54, 1.807) is 12.5 Å². The molecule has 1 aromatic heterocycles. The quantitative estimate of drug-likeness (QED) is 0.720. The van der Waals surface area contributed by atoms with Crippen LogP contribution in [0, 0.1) is 11.8 Å². The number of aliphatic imine (C=N–C) groups is 1. The normalized spacial score (nSPS) is 33.6. The number of nitrogen functional groups attached to an aromatic ring is 1. The van der Waals surface area contributed by atoms with Gasteiger partial charge in [0.15, 0.2) is 0 Å². The summed E-state index contributed by atoms with van der Waals surface area (Å²) in [5.41, 5.74) is 13.7. The molecule has 2 aliphatic rings. The Hall–Kier alpha value is -1.62. The Bertz CT molecular complexity index is 505. The Morgan fingerprint density at radius 1 is 1.32 bits per heavy atom. The van der Waals surface area contributed by atoms with Crippen molar-refractivity contribution < 1.29 is 0 Å². The number of hydrogen-bond acceptors (Lipinski definition) is 5. The lowest BCUT2D eigenvalue weighted by Gasteiger charge is -2.40. The zero-order valence-corrected chi connectivity index (χ0v) is 11.3. The maximum absolute atomic E-state index is 6.64. The first kappa shape index (κ1) is 12.4. The summed E-state index contributed by atoms with van der Waals surface area (Å²) in [4.78, 5) is 8.66. The van der Waals surface area contributed by atoms with Gasteiger partial charge < -0.3 is 16.8 Å². The molecule has 1 unspecified atom stereocenters. The van der Waals surface area contributed by atoms with Crippen molar-refractivity contribution in [2.24, 2.45) is 22.6 Å². The van der Waals surface area contributed by atoms with E-state index in [2.05, 4.69) is 22.2 Å². The summed E-state index contributed by atoms with van der Waals surface area (Å²) < 4.78 is 0. The summed E-state index contributed by atoms with van der Waals surface area (Å²) >= 11 is 0. The average molecular weight is 259 g/mol. The number of nitrogens with two attached hydrogens (primary N) is 2. The SMILES string of the molecule is CC1CCC(C2(N)N=CNc3cnc(N)cc32)CC1. The highest BCUT2D eigenvalue weighted by atomic mass is 15.1. The number of aromatic nitrogens is 1. The average Bonchev–Trinajstić information content (AvgIpc) is 2.40. The molecule has 102 valence electrons. The van der Waals surface area contributed by atoms with Crippen molar-refractivity contribution >= 4 is 17.8 Å². The van der Waals surface area contributed by atoms with Gasteiger partial charge in [-0.15, -0.1) is 0 Å². The third-order valence-corrected chi connectivity index (χ3v) is 4.49. The van der Waals surface area contributed by atoms with Gasteiger partial charge in [0.1, 0.15) is 11.5 Å². The van der Waals surface area contributed by atoms with Gasteiger partial charge in [-0.25, -0.2) is 9.98 Å². The third-order valence-electron chi connectivity index (χ3n) is 4.49. The summed E-state index contributed by atoms with van der Waals surface area (Å²) in [7, 11) is 0. The van der Waals surface area contributed by atoms with E-state index in [0.29, 0.717) is 11.7 Å². The number of nitrogens with one attached hydrogen (secondary N) is 1. The van der Waals surface area contributed by atoms with Crippen LogP contribution in [0.5, 0.6) is 0 Å². The Labute approximate surface area is 113 Å². The molecule has 1 aliphatic heterocycles. The van der Waals surface area contributed by atoms with Crippen LogP contribution in [-0.2, 0) is 5.66 Å². The van der Waals surface area contributed by atoms with E-state index in [1.807, 2.05) is 6.07 Å². The van der Waals surface area contributed by atoms with Gasteiger partial charge in [-0.1, -0.05) is 19.8 Å². The third kappa shape index (κ3) is 2.08. The van der Waals surface area contributed by atoms with Crippen LogP contribution in [0.25, 0.3) is 0 Å². The van der Waals surface area contributed by atoms with Gasteiger partial charge in [-0.3, -0.25) is 0 Å². The first-order valence-corrected chi connectivity index (χ1v) is 6.94. The minimum Gasteiger partial charge on any atom is -0.384 e. The molecule has 1 aliphatic carbocycles. The smallest absolute Gasteiger partial charge is 0.140 e. The van der Waals surface area contributed by atoms with Crippen molar-refractivity contribution in [1.29, 1.82) is 0 Å². The van der Waals surface area contributed by atoms with E-state index in [4.69, 9.17) is 11.5 Å². The fourth-order valence-corrected chi connectivity index (χ4v) is 3.22. The van der Waals surface area contributed by atoms with E-state index in [1.165, 1.54) is 12.8 Å². The summed E-state index contributed by atoms with van der Waals surface area (Å²) in [6, 6.07) is 1.86. The first-order chi connectivity index (χ1) is 9.09. The molecule has 0 bridgehead atoms. The molecule has 0 aromatic carbocycles. The molecule has 5 nitrogen and oxygen atoms in total. The monoisotopic (exact) mass is 259 g/mol. The number of nitrogens with zero attached hydrogens (tertiary/aromatic N) is 2. The second kappa shape index (κ2) is 4.49. The molecule has 0 saturated heterocycles. The van der Waals surface area contributed by atoms with Gasteiger partial charge in [-0.05, 0) is 24.8 Å². The van der Waals surface area contributed by atoms with Crippen LogP contribution in [0.2, 0.25) is 0 Å². The Morgan fingerprint density at radius 3 is 2.79 bits per heavy atom. The van der Waals surface area contributed by atoms with E-state index in [-0.39, 0.29) is 0 Å². The molecule has 5 N–H and O–H groups in total. The van der Waals surface area contributed by atoms with Gasteiger partial charge >= 0.3 is 0 Å². The topological polar surface area (TPSA) is 89.3 Å². The molecular weight excluding hydrogens is 238 g/mol. The van der Waals surface area contributed by atoms with E-state index < -0.39 is 5.66 Å². The van der Waals surface area contributed by atoms with Crippen LogP contribution in [-0.4, -0.2) is 11.3 Å². The Morgan fingerprint density at radius 2 is 2.05 bits per heavy atom. The molecular formula is C14H21N5. The standard InChI is InChI=1S/C14H21N5/c1-9-2-4-10(5-3-9)14(16)11-6-13(15)17-7-12(11)18-8-19-14/h6-10H,2-5,16H2,1H3,(H2,15,17)(H,18,19). The van der Waals surface area contributed by atoms with Crippen molar-refractivity contribution in [1.82, 2.24) is 4.98 Å². The molecule has 5 heteroatoms. The highest BCUT2D eigenvalue weighted by Crippen LogP contribution is 2.43. The zero-order valence-electron chi connectivity index (χ0n) is 11.3. The van der Waals surface area contributed by atoms with Gasteiger partial charge in [0.2, 0.25) is 0 Å². The minimum atomic E-state index is -0.655. The molecule has 19 heavy (non-hydrogen) atoms. The van der Waals surface area contributed by atoms with Crippen molar-refractivity contribution in [3.8, 4) is 0 Å². The van der Waals surface area contributed by atoms with Crippen LogP contribution < -0.4 is 16.8 Å². The highest BCUT2D eigenvalue weighted by molar-refractivity contribution is 5.81. The summed E-state index contributed by atoms with van der Waals surface area (Å²) in [6.45, 7) is 2.31. The Kier molecular flexibility index (Phi) is 2.93. The van der Waals surface area contributed by atoms with Crippen LogP contribution >= 0.6 is 0 Å². The van der Waals surface area contributed by atoms with Crippen molar-refractivity contribution in [2.45, 2.75) is 38.3 Å². The van der Waals surface area contributed by atoms with Gasteiger partial charge in [0.05, 0.1) is 18.2 Å². The highest BCUT2D eigenvalue weighted by Gasteiger charge is 2.41. The molecule has 1 aromatic rings. The number of anilines is 2. The lowest BCUT2D eigenvalue weighted by Crippen LogP contribution is -2.46. The van der Waals surface area contributed by atoms with Crippen LogP contribution in [0.15, 0.2) is 17.3 Å². The van der Waals surface area contributed by atoms with E-state index >= 15 is 0 Å². The lowest BCUT2D eigenvalue weighted by atomic mass is 9.73. The number of rotatable bonds is 1. The van der Waals surface area contributed by atoms with Crippen molar-refractivity contribution in [3.05, 3.63) is 17.8 Å². The minimum absolute atomic E-state index is 0.377. The maximum atomic E-state index is 6.64. The predicted octanol–water partition coefficient (Wildman–Crippen LogP) is 2.06. The first-order valence-electron chi connectivity index (χ1n) is 6.94. The fraction of sp³-hybridized carbons (Fsp3) is 0.571. The zero-order chi connectivity index (χ0) is 13.5. The van der Waals surface area contributed by atoms with Gasteiger partial charge in [0, 0.05) is 11.5 Å². The van der Waals surface area contributed by atoms with Crippen LogP contribution in [0.3, 0.4) is 0 Å². The number of fused-ring (bicyclic) bond motifs is 1. The Balaban J connectivity index is 1.97. The molecule has 2 heterocycles. The van der Waals surface area contributed by atoms with Gasteiger partial charge in [-0.2, -0.15) is 0 Å². The molecule has 3 rings (SSSR count). The van der Waals surface area contributed by atoms with Crippen LogP contribution in [0.1, 0.15) is 38.2 Å². The molecule has 1 saturated carbocycles. The lowest BCUT2D eigenvalue weighted by molar-refractivity contribution is 0.185. The van der Waals surface area contributed by atoms with Gasteiger partial charge in [0.25, 0.3) is 0 Å². The molecule has 0 amide bonds. The molecule has 1 atom stereocenters. The van der Waals surface area contributed by atoms with E-state index in [9.17, 15) is 0 Å². The largest absolute Gasteiger partial charge is 0.384 e. The number of hydrogen-bond donors (Lipinski definition) is 3. The van der Waals surface area contributed by atoms with E-state index in [0.717, 1.165) is 30.0 Å². The summed E-state index contributed by atoms with van der Waals surface area (Å²) in [5.74, 6) is 1.67. The van der Waals surface area contributed by atoms with Crippen molar-refractivity contribution in [2.75, 3.05) is 11.1 Å².